The molecule has 0 aliphatic carbocycles. The third-order valence-electron chi connectivity index (χ3n) is 5.57. The largest absolute Gasteiger partial charge is 0.350 e. The number of benzene rings is 4. The summed E-state index contributed by atoms with van der Waals surface area (Å²) >= 11 is 6.30. The van der Waals surface area contributed by atoms with Crippen molar-refractivity contribution in [3.8, 4) is 0 Å². The molecule has 1 aliphatic rings. The average Bonchev–Trinajstić information content (AvgIpc) is 3.05. The number of amides is 2. The van der Waals surface area contributed by atoms with Crippen LogP contribution < -0.4 is 5.32 Å². The van der Waals surface area contributed by atoms with Crippen LogP contribution in [0.25, 0.3) is 16.3 Å². The lowest BCUT2D eigenvalue weighted by Crippen LogP contribution is -2.32. The summed E-state index contributed by atoms with van der Waals surface area (Å²) in [5.74, 6) is -0.717. The Hall–Kier alpha value is -3.89. The van der Waals surface area contributed by atoms with Gasteiger partial charge in [-0.25, -0.2) is 0 Å². The van der Waals surface area contributed by atoms with Crippen LogP contribution in [0.2, 0.25) is 5.02 Å². The van der Waals surface area contributed by atoms with Crippen molar-refractivity contribution < 1.29 is 9.59 Å². The molecule has 0 bridgehead atoms. The SMILES string of the molecule is O=C1C(Nc2cccc3ccccc23)=C(c2ccccc2)C(=O)N1Cc1ccccc1Cl. The summed E-state index contributed by atoms with van der Waals surface area (Å²) in [6.07, 6.45) is 0. The molecule has 156 valence electrons. The first-order chi connectivity index (χ1) is 15.6. The highest BCUT2D eigenvalue weighted by atomic mass is 35.5. The minimum absolute atomic E-state index is 0.106. The fraction of sp³-hybridized carbons (Fsp3) is 0.0370. The maximum absolute atomic E-state index is 13.5. The van der Waals surface area contributed by atoms with Gasteiger partial charge in [-0.15, -0.1) is 0 Å². The van der Waals surface area contributed by atoms with E-state index < -0.39 is 0 Å². The second-order valence-electron chi connectivity index (χ2n) is 7.56. The number of carbonyl (C=O) groups is 2. The molecule has 0 saturated heterocycles. The second-order valence-corrected chi connectivity index (χ2v) is 7.96. The van der Waals surface area contributed by atoms with Crippen molar-refractivity contribution in [3.63, 3.8) is 0 Å². The van der Waals surface area contributed by atoms with Crippen molar-refractivity contribution >= 4 is 45.4 Å². The quantitative estimate of drug-likeness (QED) is 0.395. The summed E-state index contributed by atoms with van der Waals surface area (Å²) in [6, 6.07) is 30.3. The Labute approximate surface area is 190 Å². The smallest absolute Gasteiger partial charge is 0.278 e. The Kier molecular flexibility index (Phi) is 5.21. The molecule has 4 aromatic carbocycles. The highest BCUT2D eigenvalue weighted by molar-refractivity contribution is 6.37. The van der Waals surface area contributed by atoms with E-state index in [0.29, 0.717) is 16.2 Å². The topological polar surface area (TPSA) is 49.4 Å². The van der Waals surface area contributed by atoms with Crippen molar-refractivity contribution in [1.29, 1.82) is 0 Å². The number of rotatable bonds is 5. The summed E-state index contributed by atoms with van der Waals surface area (Å²) in [5, 5.41) is 5.81. The molecule has 1 aliphatic heterocycles. The number of nitrogens with one attached hydrogen (secondary N) is 1. The molecule has 5 heteroatoms. The van der Waals surface area contributed by atoms with E-state index in [1.54, 1.807) is 6.07 Å². The van der Waals surface area contributed by atoms with E-state index in [2.05, 4.69) is 5.32 Å². The third-order valence-corrected chi connectivity index (χ3v) is 5.93. The van der Waals surface area contributed by atoms with Gasteiger partial charge >= 0.3 is 0 Å². The molecular weight excluding hydrogens is 420 g/mol. The Morgan fingerprint density at radius 1 is 0.719 bits per heavy atom. The highest BCUT2D eigenvalue weighted by Gasteiger charge is 2.39. The van der Waals surface area contributed by atoms with Gasteiger partial charge in [0, 0.05) is 16.1 Å². The molecule has 5 rings (SSSR count). The van der Waals surface area contributed by atoms with Crippen molar-refractivity contribution in [2.24, 2.45) is 0 Å². The molecule has 32 heavy (non-hydrogen) atoms. The van der Waals surface area contributed by atoms with Gasteiger partial charge in [0.25, 0.3) is 11.8 Å². The van der Waals surface area contributed by atoms with Gasteiger partial charge in [-0.2, -0.15) is 0 Å². The lowest BCUT2D eigenvalue weighted by Gasteiger charge is -2.16. The summed E-state index contributed by atoms with van der Waals surface area (Å²) in [7, 11) is 0. The number of halogens is 1. The zero-order valence-electron chi connectivity index (χ0n) is 17.1. The molecular formula is C27H19ClN2O2. The van der Waals surface area contributed by atoms with E-state index in [4.69, 9.17) is 11.6 Å². The van der Waals surface area contributed by atoms with Crippen LogP contribution in [-0.2, 0) is 16.1 Å². The Morgan fingerprint density at radius 3 is 2.22 bits per heavy atom. The van der Waals surface area contributed by atoms with Gasteiger partial charge in [-0.1, -0.05) is 96.5 Å². The fourth-order valence-electron chi connectivity index (χ4n) is 3.97. The van der Waals surface area contributed by atoms with Crippen molar-refractivity contribution in [2.45, 2.75) is 6.54 Å². The van der Waals surface area contributed by atoms with Crippen LogP contribution >= 0.6 is 11.6 Å². The molecule has 2 amide bonds. The summed E-state index contributed by atoms with van der Waals surface area (Å²) in [4.78, 5) is 28.2. The molecule has 0 saturated carbocycles. The molecule has 4 aromatic rings. The van der Waals surface area contributed by atoms with Gasteiger partial charge in [-0.05, 0) is 28.6 Å². The molecule has 1 heterocycles. The maximum Gasteiger partial charge on any atom is 0.278 e. The number of nitrogens with zero attached hydrogens (tertiary/aromatic N) is 1. The maximum atomic E-state index is 13.5. The predicted octanol–water partition coefficient (Wildman–Crippen LogP) is 5.89. The lowest BCUT2D eigenvalue weighted by atomic mass is 10.0. The van der Waals surface area contributed by atoms with Crippen LogP contribution in [-0.4, -0.2) is 16.7 Å². The molecule has 0 spiro atoms. The molecule has 4 nitrogen and oxygen atoms in total. The zero-order chi connectivity index (χ0) is 22.1. The van der Waals surface area contributed by atoms with Gasteiger partial charge in [0.2, 0.25) is 0 Å². The van der Waals surface area contributed by atoms with Crippen LogP contribution in [0.1, 0.15) is 11.1 Å². The Bertz CT molecular complexity index is 1370. The molecule has 0 unspecified atom stereocenters. The van der Waals surface area contributed by atoms with E-state index in [1.807, 2.05) is 91.0 Å². The fourth-order valence-corrected chi connectivity index (χ4v) is 4.17. The van der Waals surface area contributed by atoms with E-state index in [-0.39, 0.29) is 24.1 Å². The molecule has 0 aromatic heterocycles. The standard InChI is InChI=1S/C27H19ClN2O2/c28-22-15-7-5-12-20(22)17-30-26(31)24(19-10-2-1-3-11-19)25(27(30)32)29-23-16-8-13-18-9-4-6-14-21(18)23/h1-16,29H,17H2. The van der Waals surface area contributed by atoms with Crippen LogP contribution in [0.15, 0.2) is 103 Å². The normalized spacial score (nSPS) is 13.8. The van der Waals surface area contributed by atoms with Crippen LogP contribution in [0.3, 0.4) is 0 Å². The van der Waals surface area contributed by atoms with Gasteiger partial charge in [0.15, 0.2) is 0 Å². The van der Waals surface area contributed by atoms with Crippen molar-refractivity contribution in [2.75, 3.05) is 5.32 Å². The number of anilines is 1. The molecule has 0 atom stereocenters. The third kappa shape index (κ3) is 3.55. The summed E-state index contributed by atoms with van der Waals surface area (Å²) in [5.41, 5.74) is 2.80. The van der Waals surface area contributed by atoms with Gasteiger partial charge < -0.3 is 5.32 Å². The first-order valence-corrected chi connectivity index (χ1v) is 10.7. The average molecular weight is 439 g/mol. The first kappa shape index (κ1) is 20.0. The number of carbonyl (C=O) groups excluding carboxylic acids is 2. The predicted molar refractivity (Wildman–Crippen MR) is 128 cm³/mol. The van der Waals surface area contributed by atoms with E-state index in [9.17, 15) is 9.59 Å². The number of fused-ring (bicyclic) bond motifs is 1. The minimum Gasteiger partial charge on any atom is -0.350 e. The zero-order valence-corrected chi connectivity index (χ0v) is 17.8. The number of hydrogen-bond donors (Lipinski definition) is 1. The van der Waals surface area contributed by atoms with Crippen molar-refractivity contribution in [3.05, 3.63) is 119 Å². The van der Waals surface area contributed by atoms with E-state index in [0.717, 1.165) is 22.0 Å². The number of hydrogen-bond acceptors (Lipinski definition) is 3. The van der Waals surface area contributed by atoms with Gasteiger partial charge in [0.05, 0.1) is 12.1 Å². The minimum atomic E-state index is -0.373. The number of imide groups is 1. The molecule has 0 fully saturated rings. The van der Waals surface area contributed by atoms with Gasteiger partial charge in [0.1, 0.15) is 5.70 Å². The first-order valence-electron chi connectivity index (χ1n) is 10.3. The Morgan fingerprint density at radius 2 is 1.41 bits per heavy atom. The Balaban J connectivity index is 1.59. The van der Waals surface area contributed by atoms with Gasteiger partial charge in [-0.3, -0.25) is 14.5 Å². The molecule has 0 radical (unpaired) electrons. The second kappa shape index (κ2) is 8.33. The van der Waals surface area contributed by atoms with E-state index >= 15 is 0 Å². The lowest BCUT2D eigenvalue weighted by molar-refractivity contribution is -0.137. The van der Waals surface area contributed by atoms with Crippen molar-refractivity contribution in [1.82, 2.24) is 4.90 Å². The monoisotopic (exact) mass is 438 g/mol. The van der Waals surface area contributed by atoms with Crippen LogP contribution in [0.5, 0.6) is 0 Å². The highest BCUT2D eigenvalue weighted by Crippen LogP contribution is 2.34. The summed E-state index contributed by atoms with van der Waals surface area (Å²) in [6.45, 7) is 0.106. The van der Waals surface area contributed by atoms with Crippen LogP contribution in [0.4, 0.5) is 5.69 Å². The molecule has 1 N–H and O–H groups in total. The van der Waals surface area contributed by atoms with E-state index in [1.165, 1.54) is 4.90 Å². The summed E-state index contributed by atoms with van der Waals surface area (Å²) < 4.78 is 0. The van der Waals surface area contributed by atoms with Crippen LogP contribution in [0, 0.1) is 0 Å².